The Hall–Kier alpha value is -2.11. The predicted molar refractivity (Wildman–Crippen MR) is 72.1 cm³/mol. The van der Waals surface area contributed by atoms with Gasteiger partial charge in [0.05, 0.1) is 5.92 Å². The number of aryl methyl sites for hydroxylation is 1. The minimum absolute atomic E-state index is 0.317. The van der Waals surface area contributed by atoms with Crippen LogP contribution in [0.4, 0.5) is 14.9 Å². The van der Waals surface area contributed by atoms with Crippen LogP contribution in [-0.4, -0.2) is 35.1 Å². The number of carboxylic acids is 1. The molecule has 2 amide bonds. The van der Waals surface area contributed by atoms with Crippen LogP contribution >= 0.6 is 0 Å². The van der Waals surface area contributed by atoms with E-state index >= 15 is 0 Å². The first-order valence-corrected chi connectivity index (χ1v) is 6.52. The predicted octanol–water partition coefficient (Wildman–Crippen LogP) is 2.46. The molecule has 6 heteroatoms. The minimum atomic E-state index is -0.814. The molecule has 1 aromatic rings. The quantitative estimate of drug-likeness (QED) is 0.874. The second-order valence-electron chi connectivity index (χ2n) is 4.99. The van der Waals surface area contributed by atoms with Gasteiger partial charge in [-0.3, -0.25) is 4.79 Å². The molecule has 20 heavy (non-hydrogen) atoms. The van der Waals surface area contributed by atoms with E-state index in [1.54, 1.807) is 17.9 Å². The smallest absolute Gasteiger partial charge is 0.321 e. The van der Waals surface area contributed by atoms with Gasteiger partial charge >= 0.3 is 12.0 Å². The fraction of sp³-hybridized carbons (Fsp3) is 0.429. The van der Waals surface area contributed by atoms with Gasteiger partial charge in [-0.05, 0) is 37.5 Å². The number of carbonyl (C=O) groups is 2. The number of likely N-dealkylation sites (tertiary alicyclic amines) is 1. The van der Waals surface area contributed by atoms with Crippen LogP contribution in [0.1, 0.15) is 18.4 Å². The summed E-state index contributed by atoms with van der Waals surface area (Å²) in [5, 5.41) is 11.6. The molecular formula is C14H17FN2O3. The van der Waals surface area contributed by atoms with Gasteiger partial charge in [-0.15, -0.1) is 0 Å². The Morgan fingerprint density at radius 1 is 1.35 bits per heavy atom. The van der Waals surface area contributed by atoms with Crippen LogP contribution in [0, 0.1) is 18.7 Å². The Morgan fingerprint density at radius 3 is 2.60 bits per heavy atom. The second-order valence-corrected chi connectivity index (χ2v) is 4.99. The van der Waals surface area contributed by atoms with Crippen LogP contribution in [0.3, 0.4) is 0 Å². The number of rotatable bonds is 2. The number of hydrogen-bond acceptors (Lipinski definition) is 2. The lowest BCUT2D eigenvalue weighted by Gasteiger charge is -2.30. The summed E-state index contributed by atoms with van der Waals surface area (Å²) in [6.07, 6.45) is 0.899. The summed E-state index contributed by atoms with van der Waals surface area (Å²) in [6, 6.07) is 3.89. The van der Waals surface area contributed by atoms with Gasteiger partial charge in [-0.25, -0.2) is 9.18 Å². The maximum Gasteiger partial charge on any atom is 0.321 e. The van der Waals surface area contributed by atoms with Gasteiger partial charge < -0.3 is 15.3 Å². The molecule has 1 saturated heterocycles. The summed E-state index contributed by atoms with van der Waals surface area (Å²) in [5.41, 5.74) is 1.22. The molecule has 0 aromatic heterocycles. The molecule has 0 spiro atoms. The largest absolute Gasteiger partial charge is 0.481 e. The third kappa shape index (κ3) is 3.26. The summed E-state index contributed by atoms with van der Waals surface area (Å²) in [5.74, 6) is -1.60. The van der Waals surface area contributed by atoms with Gasteiger partial charge in [0.2, 0.25) is 0 Å². The van der Waals surface area contributed by atoms with Crippen LogP contribution in [-0.2, 0) is 4.79 Å². The summed E-state index contributed by atoms with van der Waals surface area (Å²) < 4.78 is 13.1. The first-order valence-electron chi connectivity index (χ1n) is 6.52. The monoisotopic (exact) mass is 280 g/mol. The van der Waals surface area contributed by atoms with Crippen molar-refractivity contribution in [3.63, 3.8) is 0 Å². The summed E-state index contributed by atoms with van der Waals surface area (Å²) >= 11 is 0. The number of benzene rings is 1. The van der Waals surface area contributed by atoms with E-state index in [9.17, 15) is 14.0 Å². The Bertz CT molecular complexity index is 525. The molecule has 0 radical (unpaired) electrons. The highest BCUT2D eigenvalue weighted by atomic mass is 19.1. The second kappa shape index (κ2) is 5.90. The van der Waals surface area contributed by atoms with E-state index in [-0.39, 0.29) is 11.9 Å². The van der Waals surface area contributed by atoms with Crippen LogP contribution in [0.2, 0.25) is 0 Å². The topological polar surface area (TPSA) is 69.6 Å². The molecule has 0 atom stereocenters. The van der Waals surface area contributed by atoms with Gasteiger partial charge in [-0.1, -0.05) is 6.07 Å². The van der Waals surface area contributed by atoms with Crippen molar-refractivity contribution in [1.82, 2.24) is 4.90 Å². The van der Waals surface area contributed by atoms with Gasteiger partial charge in [0, 0.05) is 18.8 Å². The molecule has 1 aromatic carbocycles. The third-order valence-electron chi connectivity index (χ3n) is 3.57. The van der Waals surface area contributed by atoms with Gasteiger partial charge in [0.1, 0.15) is 5.82 Å². The molecule has 1 aliphatic rings. The minimum Gasteiger partial charge on any atom is -0.481 e. The van der Waals surface area contributed by atoms with Crippen molar-refractivity contribution in [2.24, 2.45) is 5.92 Å². The fourth-order valence-electron chi connectivity index (χ4n) is 2.25. The van der Waals surface area contributed by atoms with Gasteiger partial charge in [0.25, 0.3) is 0 Å². The molecular weight excluding hydrogens is 263 g/mol. The first kappa shape index (κ1) is 14.3. The standard InChI is InChI=1S/C14H17FN2O3/c1-9-2-3-11(15)8-12(9)16-14(20)17-6-4-10(5-7-17)13(18)19/h2-3,8,10H,4-7H2,1H3,(H,16,20)(H,18,19). The van der Waals surface area contributed by atoms with Crippen molar-refractivity contribution in [2.75, 3.05) is 18.4 Å². The molecule has 0 unspecified atom stereocenters. The molecule has 1 aliphatic heterocycles. The highest BCUT2D eigenvalue weighted by Crippen LogP contribution is 2.20. The zero-order valence-corrected chi connectivity index (χ0v) is 11.2. The van der Waals surface area contributed by atoms with E-state index in [1.165, 1.54) is 12.1 Å². The zero-order valence-electron chi connectivity index (χ0n) is 11.2. The summed E-state index contributed by atoms with van der Waals surface area (Å²) in [4.78, 5) is 24.5. The van der Waals surface area contributed by atoms with E-state index in [0.717, 1.165) is 5.56 Å². The van der Waals surface area contributed by atoms with E-state index in [4.69, 9.17) is 5.11 Å². The molecule has 108 valence electrons. The average Bonchev–Trinajstić information content (AvgIpc) is 2.43. The summed E-state index contributed by atoms with van der Waals surface area (Å²) in [7, 11) is 0. The van der Waals surface area contributed by atoms with E-state index in [2.05, 4.69) is 5.32 Å². The highest BCUT2D eigenvalue weighted by molar-refractivity contribution is 5.90. The van der Waals surface area contributed by atoms with E-state index < -0.39 is 11.8 Å². The number of nitrogens with one attached hydrogen (secondary N) is 1. The number of aliphatic carboxylic acids is 1. The summed E-state index contributed by atoms with van der Waals surface area (Å²) in [6.45, 7) is 2.58. The Morgan fingerprint density at radius 2 is 2.00 bits per heavy atom. The Labute approximate surface area is 116 Å². The Kier molecular flexibility index (Phi) is 4.22. The van der Waals surface area contributed by atoms with E-state index in [0.29, 0.717) is 31.6 Å². The van der Waals surface area contributed by atoms with Crippen LogP contribution in [0.25, 0.3) is 0 Å². The van der Waals surface area contributed by atoms with Crippen molar-refractivity contribution in [2.45, 2.75) is 19.8 Å². The molecule has 0 bridgehead atoms. The Balaban J connectivity index is 1.96. The molecule has 0 saturated carbocycles. The molecule has 0 aliphatic carbocycles. The highest BCUT2D eigenvalue weighted by Gasteiger charge is 2.27. The lowest BCUT2D eigenvalue weighted by molar-refractivity contribution is -0.143. The normalized spacial score (nSPS) is 16.0. The number of nitrogens with zero attached hydrogens (tertiary/aromatic N) is 1. The van der Waals surface area contributed by atoms with Crippen molar-refractivity contribution in [3.8, 4) is 0 Å². The molecule has 1 fully saturated rings. The van der Waals surface area contributed by atoms with Crippen LogP contribution < -0.4 is 5.32 Å². The van der Waals surface area contributed by atoms with E-state index in [1.807, 2.05) is 0 Å². The molecule has 1 heterocycles. The SMILES string of the molecule is Cc1ccc(F)cc1NC(=O)N1CCC(C(=O)O)CC1. The number of amides is 2. The molecule has 2 N–H and O–H groups in total. The third-order valence-corrected chi connectivity index (χ3v) is 3.57. The number of hydrogen-bond donors (Lipinski definition) is 2. The van der Waals surface area contributed by atoms with Crippen LogP contribution in [0.5, 0.6) is 0 Å². The molecule has 2 rings (SSSR count). The van der Waals surface area contributed by atoms with Crippen molar-refractivity contribution >= 4 is 17.7 Å². The number of urea groups is 1. The number of carbonyl (C=O) groups excluding carboxylic acids is 1. The van der Waals surface area contributed by atoms with Crippen molar-refractivity contribution in [3.05, 3.63) is 29.6 Å². The fourth-order valence-corrected chi connectivity index (χ4v) is 2.25. The van der Waals surface area contributed by atoms with Gasteiger partial charge in [-0.2, -0.15) is 0 Å². The van der Waals surface area contributed by atoms with Crippen molar-refractivity contribution in [1.29, 1.82) is 0 Å². The van der Waals surface area contributed by atoms with Crippen molar-refractivity contribution < 1.29 is 19.1 Å². The number of carboxylic acid groups (broad SMARTS) is 1. The first-order chi connectivity index (χ1) is 9.47. The number of piperidine rings is 1. The van der Waals surface area contributed by atoms with Crippen LogP contribution in [0.15, 0.2) is 18.2 Å². The lowest BCUT2D eigenvalue weighted by Crippen LogP contribution is -2.42. The molecule has 5 nitrogen and oxygen atoms in total. The number of halogens is 1. The maximum absolute atomic E-state index is 13.1. The average molecular weight is 280 g/mol. The lowest BCUT2D eigenvalue weighted by atomic mass is 9.97. The number of anilines is 1. The maximum atomic E-state index is 13.1. The van der Waals surface area contributed by atoms with Gasteiger partial charge in [0.15, 0.2) is 0 Å². The zero-order chi connectivity index (χ0) is 14.7.